The minimum absolute atomic E-state index is 0.244. The van der Waals surface area contributed by atoms with Gasteiger partial charge < -0.3 is 31.9 Å². The van der Waals surface area contributed by atoms with E-state index < -0.39 is 35.5 Å². The number of likely N-dealkylation sites (N-methyl/N-ethyl adjacent to an activating group) is 1. The molecule has 0 heterocycles. The molecule has 4 atom stereocenters. The number of carboxylic acid groups (broad SMARTS) is 1. The van der Waals surface area contributed by atoms with E-state index in [1.165, 1.54) is 11.8 Å². The molecule has 0 aromatic rings. The minimum atomic E-state index is -2.06. The number of carboxylic acids is 1. The molecule has 2 amide bonds. The fourth-order valence-corrected chi connectivity index (χ4v) is 3.26. The summed E-state index contributed by atoms with van der Waals surface area (Å²) in [4.78, 5) is 41.3. The van der Waals surface area contributed by atoms with E-state index in [0.29, 0.717) is 13.1 Å². The fourth-order valence-electron chi connectivity index (χ4n) is 3.26. The van der Waals surface area contributed by atoms with Gasteiger partial charge in [0.05, 0.1) is 6.04 Å². The molecule has 1 unspecified atom stereocenters. The molecule has 0 saturated heterocycles. The lowest BCUT2D eigenvalue weighted by molar-refractivity contribution is -0.158. The van der Waals surface area contributed by atoms with E-state index in [-0.39, 0.29) is 24.7 Å². The molecule has 1 aliphatic rings. The summed E-state index contributed by atoms with van der Waals surface area (Å²) in [5.74, 6) is -3.25. The largest absolute Gasteiger partial charge is 0.479 e. The summed E-state index contributed by atoms with van der Waals surface area (Å²) in [6, 6.07) is -1.83. The lowest BCUT2D eigenvalue weighted by atomic mass is 9.91. The van der Waals surface area contributed by atoms with Crippen LogP contribution in [0.25, 0.3) is 0 Å². The summed E-state index contributed by atoms with van der Waals surface area (Å²) in [7, 11) is 0. The molecule has 25 heavy (non-hydrogen) atoms. The minimum Gasteiger partial charge on any atom is -0.479 e. The number of guanidine groups is 1. The third-order valence-electron chi connectivity index (χ3n) is 4.46. The highest BCUT2D eigenvalue weighted by molar-refractivity contribution is 5.88. The summed E-state index contributed by atoms with van der Waals surface area (Å²) in [6.07, 6.45) is -0.492. The average Bonchev–Trinajstić information content (AvgIpc) is 2.83. The predicted octanol–water partition coefficient (Wildman–Crippen LogP) is -1.77. The first-order chi connectivity index (χ1) is 11.6. The Morgan fingerprint density at radius 3 is 2.24 bits per heavy atom. The highest BCUT2D eigenvalue weighted by Gasteiger charge is 2.53. The zero-order valence-corrected chi connectivity index (χ0v) is 14.7. The van der Waals surface area contributed by atoms with Gasteiger partial charge in [-0.05, 0) is 20.3 Å². The molecule has 142 valence electrons. The lowest BCUT2D eigenvalue weighted by Gasteiger charge is -2.31. The van der Waals surface area contributed by atoms with Gasteiger partial charge in [-0.3, -0.25) is 9.59 Å². The van der Waals surface area contributed by atoms with Crippen molar-refractivity contribution in [2.75, 3.05) is 13.1 Å². The van der Waals surface area contributed by atoms with Crippen molar-refractivity contribution in [1.29, 1.82) is 0 Å². The van der Waals surface area contributed by atoms with Crippen LogP contribution in [0.1, 0.15) is 33.6 Å². The van der Waals surface area contributed by atoms with Crippen LogP contribution < -0.4 is 16.8 Å². The first kappa shape index (κ1) is 20.7. The normalized spacial score (nSPS) is 26.6. The van der Waals surface area contributed by atoms with E-state index in [9.17, 15) is 24.6 Å². The second kappa shape index (κ2) is 8.15. The molecular formula is C15H27N5O5. The number of carbonyl (C=O) groups is 3. The van der Waals surface area contributed by atoms with E-state index in [0.717, 1.165) is 0 Å². The van der Waals surface area contributed by atoms with E-state index in [2.05, 4.69) is 10.3 Å². The number of amides is 2. The molecular weight excluding hydrogens is 330 g/mol. The Labute approximate surface area is 146 Å². The van der Waals surface area contributed by atoms with Gasteiger partial charge in [0.25, 0.3) is 0 Å². The standard InChI is InChI=1S/C15H27N5O5/c1-4-20(5-2)12(22)11(18-8(3)21)9-6-15(25,13(23)24)7-10(9)19-14(16)17/h9-11,25H,4-7H2,1-3H3,(H,18,21)(H,23,24)(H4,16,17,19)/t9-,10-,11?,15-/m0/s1. The van der Waals surface area contributed by atoms with E-state index in [4.69, 9.17) is 11.5 Å². The zero-order chi connectivity index (χ0) is 19.4. The molecule has 7 N–H and O–H groups in total. The molecule has 0 aromatic heterocycles. The van der Waals surface area contributed by atoms with Crippen LogP contribution >= 0.6 is 0 Å². The van der Waals surface area contributed by atoms with Gasteiger partial charge in [-0.2, -0.15) is 0 Å². The predicted molar refractivity (Wildman–Crippen MR) is 90.4 cm³/mol. The number of nitrogens with zero attached hydrogens (tertiary/aromatic N) is 2. The molecule has 0 aliphatic heterocycles. The lowest BCUT2D eigenvalue weighted by Crippen LogP contribution is -2.53. The van der Waals surface area contributed by atoms with Crippen LogP contribution in [-0.4, -0.2) is 69.6 Å². The number of aliphatic imine (C=N–C) groups is 1. The topological polar surface area (TPSA) is 171 Å². The van der Waals surface area contributed by atoms with Gasteiger partial charge >= 0.3 is 5.97 Å². The van der Waals surface area contributed by atoms with E-state index >= 15 is 0 Å². The number of hydrogen-bond donors (Lipinski definition) is 5. The SMILES string of the molecule is CCN(CC)C(=O)C(NC(C)=O)[C@H]1C[C@@](O)(C(=O)O)C[C@@H]1N=C(N)N. The fraction of sp³-hybridized carbons (Fsp3) is 0.733. The molecule has 1 saturated carbocycles. The Bertz CT molecular complexity index is 559. The summed E-state index contributed by atoms with van der Waals surface area (Å²) in [5, 5.41) is 22.2. The summed E-state index contributed by atoms with van der Waals surface area (Å²) < 4.78 is 0. The van der Waals surface area contributed by atoms with Crippen molar-refractivity contribution < 1.29 is 24.6 Å². The van der Waals surface area contributed by atoms with Gasteiger partial charge in [-0.1, -0.05) is 0 Å². The van der Waals surface area contributed by atoms with Gasteiger partial charge in [0.15, 0.2) is 11.6 Å². The maximum atomic E-state index is 12.8. The maximum absolute atomic E-state index is 12.8. The van der Waals surface area contributed by atoms with Crippen molar-refractivity contribution in [2.45, 2.75) is 51.3 Å². The highest BCUT2D eigenvalue weighted by Crippen LogP contribution is 2.39. The van der Waals surface area contributed by atoms with Crippen LogP contribution in [0.2, 0.25) is 0 Å². The number of nitrogens with two attached hydrogens (primary N) is 2. The number of aliphatic carboxylic acids is 1. The number of rotatable bonds is 7. The molecule has 0 radical (unpaired) electrons. The van der Waals surface area contributed by atoms with Crippen LogP contribution in [0.15, 0.2) is 4.99 Å². The van der Waals surface area contributed by atoms with Crippen LogP contribution in [0.3, 0.4) is 0 Å². The van der Waals surface area contributed by atoms with Gasteiger partial charge in [0.2, 0.25) is 11.8 Å². The maximum Gasteiger partial charge on any atom is 0.335 e. The van der Waals surface area contributed by atoms with E-state index in [1.807, 2.05) is 0 Å². The number of hydrogen-bond acceptors (Lipinski definition) is 5. The molecule has 1 aliphatic carbocycles. The zero-order valence-electron chi connectivity index (χ0n) is 14.7. The summed E-state index contributed by atoms with van der Waals surface area (Å²) in [6.45, 7) is 5.70. The number of nitrogens with one attached hydrogen (secondary N) is 1. The summed E-state index contributed by atoms with van der Waals surface area (Å²) >= 11 is 0. The second-order valence-electron chi connectivity index (χ2n) is 6.22. The van der Waals surface area contributed by atoms with Gasteiger partial charge in [-0.15, -0.1) is 0 Å². The monoisotopic (exact) mass is 357 g/mol. The molecule has 10 nitrogen and oxygen atoms in total. The quantitative estimate of drug-likeness (QED) is 0.265. The molecule has 0 bridgehead atoms. The average molecular weight is 357 g/mol. The van der Waals surface area contributed by atoms with Crippen molar-refractivity contribution in [2.24, 2.45) is 22.4 Å². The van der Waals surface area contributed by atoms with Crippen molar-refractivity contribution >= 4 is 23.7 Å². The summed E-state index contributed by atoms with van der Waals surface area (Å²) in [5.41, 5.74) is 8.75. The van der Waals surface area contributed by atoms with Crippen LogP contribution in [0, 0.1) is 5.92 Å². The molecule has 1 rings (SSSR count). The van der Waals surface area contributed by atoms with Crippen molar-refractivity contribution in [3.05, 3.63) is 0 Å². The van der Waals surface area contributed by atoms with E-state index in [1.54, 1.807) is 13.8 Å². The highest BCUT2D eigenvalue weighted by atomic mass is 16.4. The van der Waals surface area contributed by atoms with Crippen molar-refractivity contribution in [3.8, 4) is 0 Å². The molecule has 10 heteroatoms. The Kier molecular flexibility index (Phi) is 6.74. The van der Waals surface area contributed by atoms with Gasteiger partial charge in [0.1, 0.15) is 6.04 Å². The van der Waals surface area contributed by atoms with Crippen LogP contribution in [0.4, 0.5) is 0 Å². The Morgan fingerprint density at radius 2 is 1.84 bits per heavy atom. The number of carbonyl (C=O) groups excluding carboxylic acids is 2. The molecule has 0 aromatic carbocycles. The Balaban J connectivity index is 3.27. The van der Waals surface area contributed by atoms with Crippen molar-refractivity contribution in [3.63, 3.8) is 0 Å². The smallest absolute Gasteiger partial charge is 0.335 e. The first-order valence-corrected chi connectivity index (χ1v) is 8.16. The first-order valence-electron chi connectivity index (χ1n) is 8.16. The molecule has 1 fully saturated rings. The molecule has 0 spiro atoms. The van der Waals surface area contributed by atoms with Crippen molar-refractivity contribution in [1.82, 2.24) is 10.2 Å². The van der Waals surface area contributed by atoms with Crippen LogP contribution in [-0.2, 0) is 14.4 Å². The number of aliphatic hydroxyl groups is 1. The third kappa shape index (κ3) is 4.81. The van der Waals surface area contributed by atoms with Gasteiger partial charge in [-0.25, -0.2) is 9.79 Å². The van der Waals surface area contributed by atoms with Crippen LogP contribution in [0.5, 0.6) is 0 Å². The second-order valence-corrected chi connectivity index (χ2v) is 6.22. The third-order valence-corrected chi connectivity index (χ3v) is 4.46. The van der Waals surface area contributed by atoms with Gasteiger partial charge in [0, 0.05) is 32.4 Å². The Hall–Kier alpha value is -2.36. The Morgan fingerprint density at radius 1 is 1.28 bits per heavy atom.